The van der Waals surface area contributed by atoms with Gasteiger partial charge in [0, 0.05) is 16.5 Å². The number of rotatable bonds is 4. The van der Waals surface area contributed by atoms with Crippen LogP contribution in [0.4, 0.5) is 0 Å². The van der Waals surface area contributed by atoms with Crippen LogP contribution in [0.25, 0.3) is 0 Å². The van der Waals surface area contributed by atoms with Gasteiger partial charge in [0.25, 0.3) is 0 Å². The topological polar surface area (TPSA) is 17.1 Å². The lowest BCUT2D eigenvalue weighted by molar-refractivity contribution is 0.586. The Kier molecular flexibility index (Phi) is 4.50. The molecule has 1 nitrogen and oxygen atoms in total. The molecule has 1 atom stereocenters. The largest absolute Gasteiger partial charge is 0.312 e. The van der Waals surface area contributed by atoms with E-state index in [0.717, 1.165) is 10.6 Å². The SMILES string of the molecule is O=P(c1ccccc1)(c1ccccc1)C(Cl)CCl. The predicted octanol–water partition coefficient (Wildman–Crippen LogP) is 3.80. The Bertz CT molecular complexity index is 499. The van der Waals surface area contributed by atoms with E-state index in [1.54, 1.807) is 0 Å². The van der Waals surface area contributed by atoms with E-state index in [1.165, 1.54) is 0 Å². The molecule has 0 bridgehead atoms. The quantitative estimate of drug-likeness (QED) is 0.620. The summed E-state index contributed by atoms with van der Waals surface area (Å²) in [5.41, 5.74) is 0. The van der Waals surface area contributed by atoms with E-state index >= 15 is 0 Å². The zero-order chi connectivity index (χ0) is 13.0. The van der Waals surface area contributed by atoms with Gasteiger partial charge in [0.05, 0.1) is 0 Å². The van der Waals surface area contributed by atoms with E-state index in [4.69, 9.17) is 23.2 Å². The van der Waals surface area contributed by atoms with Gasteiger partial charge in [-0.1, -0.05) is 60.7 Å². The van der Waals surface area contributed by atoms with Gasteiger partial charge in [-0.05, 0) is 0 Å². The first-order chi connectivity index (χ1) is 8.69. The Balaban J connectivity index is 2.59. The van der Waals surface area contributed by atoms with Crippen molar-refractivity contribution in [2.45, 2.75) is 5.12 Å². The molecule has 0 amide bonds. The molecular weight excluding hydrogens is 286 g/mol. The summed E-state index contributed by atoms with van der Waals surface area (Å²) in [5, 5.41) is 0.901. The van der Waals surface area contributed by atoms with Crippen molar-refractivity contribution in [1.29, 1.82) is 0 Å². The van der Waals surface area contributed by atoms with E-state index < -0.39 is 12.3 Å². The summed E-state index contributed by atoms with van der Waals surface area (Å²) >= 11 is 12.1. The van der Waals surface area contributed by atoms with Gasteiger partial charge < -0.3 is 4.57 Å². The van der Waals surface area contributed by atoms with Crippen LogP contribution in [0.5, 0.6) is 0 Å². The van der Waals surface area contributed by atoms with Gasteiger partial charge in [0.15, 0.2) is 7.14 Å². The van der Waals surface area contributed by atoms with Crippen molar-refractivity contribution < 1.29 is 4.57 Å². The van der Waals surface area contributed by atoms with Crippen LogP contribution in [0.15, 0.2) is 60.7 Å². The van der Waals surface area contributed by atoms with Crippen molar-refractivity contribution >= 4 is 41.0 Å². The van der Waals surface area contributed by atoms with Crippen LogP contribution in [-0.2, 0) is 4.57 Å². The smallest absolute Gasteiger partial charge is 0.161 e. The van der Waals surface area contributed by atoms with E-state index in [1.807, 2.05) is 60.7 Å². The number of hydrogen-bond acceptors (Lipinski definition) is 1. The first kappa shape index (κ1) is 13.7. The van der Waals surface area contributed by atoms with Crippen LogP contribution >= 0.6 is 30.3 Å². The molecule has 0 aliphatic rings. The Morgan fingerprint density at radius 1 is 0.889 bits per heavy atom. The second kappa shape index (κ2) is 5.93. The molecule has 0 aliphatic heterocycles. The molecular formula is C14H13Cl2OP. The normalized spacial score (nSPS) is 13.2. The third-order valence-corrected chi connectivity index (χ3v) is 7.56. The summed E-state index contributed by atoms with van der Waals surface area (Å²) in [4.78, 5) is 0. The molecule has 2 aromatic carbocycles. The second-order valence-corrected chi connectivity index (χ2v) is 8.03. The highest BCUT2D eigenvalue weighted by molar-refractivity contribution is 7.80. The molecule has 2 rings (SSSR count). The van der Waals surface area contributed by atoms with Crippen LogP contribution in [0, 0.1) is 0 Å². The Hall–Kier alpha value is -0.750. The lowest BCUT2D eigenvalue weighted by Crippen LogP contribution is -2.23. The zero-order valence-electron chi connectivity index (χ0n) is 9.67. The highest BCUT2D eigenvalue weighted by atomic mass is 35.5. The third kappa shape index (κ3) is 2.49. The average Bonchev–Trinajstić information content (AvgIpc) is 2.47. The second-order valence-electron chi connectivity index (χ2n) is 3.92. The lowest BCUT2D eigenvalue weighted by atomic mass is 10.4. The van der Waals surface area contributed by atoms with E-state index in [0.29, 0.717) is 0 Å². The van der Waals surface area contributed by atoms with Crippen molar-refractivity contribution in [3.63, 3.8) is 0 Å². The fraction of sp³-hybridized carbons (Fsp3) is 0.143. The highest BCUT2D eigenvalue weighted by Crippen LogP contribution is 2.50. The molecule has 4 heteroatoms. The van der Waals surface area contributed by atoms with Crippen LogP contribution in [0.3, 0.4) is 0 Å². The molecule has 1 unspecified atom stereocenters. The van der Waals surface area contributed by atoms with E-state index in [-0.39, 0.29) is 5.88 Å². The molecule has 0 aromatic heterocycles. The molecule has 2 aromatic rings. The van der Waals surface area contributed by atoms with Crippen molar-refractivity contribution in [2.75, 3.05) is 5.88 Å². The summed E-state index contributed by atoms with van der Waals surface area (Å²) in [6, 6.07) is 18.6. The first-order valence-corrected chi connectivity index (χ1v) is 8.35. The molecule has 94 valence electrons. The molecule has 0 N–H and O–H groups in total. The van der Waals surface area contributed by atoms with E-state index in [9.17, 15) is 4.57 Å². The molecule has 0 saturated carbocycles. The van der Waals surface area contributed by atoms with Crippen LogP contribution < -0.4 is 10.6 Å². The molecule has 18 heavy (non-hydrogen) atoms. The maximum absolute atomic E-state index is 13.3. The van der Waals surface area contributed by atoms with Crippen molar-refractivity contribution in [3.8, 4) is 0 Å². The van der Waals surface area contributed by atoms with E-state index in [2.05, 4.69) is 0 Å². The Labute approximate surface area is 117 Å². The van der Waals surface area contributed by atoms with Gasteiger partial charge >= 0.3 is 0 Å². The van der Waals surface area contributed by atoms with Crippen LogP contribution in [0.2, 0.25) is 0 Å². The highest BCUT2D eigenvalue weighted by Gasteiger charge is 2.34. The molecule has 0 aliphatic carbocycles. The minimum Gasteiger partial charge on any atom is -0.312 e. The number of hydrogen-bond donors (Lipinski definition) is 0. The van der Waals surface area contributed by atoms with Gasteiger partial charge in [0.2, 0.25) is 0 Å². The summed E-state index contributed by atoms with van der Waals surface area (Å²) in [6.45, 7) is 0. The standard InChI is InChI=1S/C14H13Cl2OP/c15-11-14(16)18(17,12-7-3-1-4-8-12)13-9-5-2-6-10-13/h1-10,14H,11H2. The monoisotopic (exact) mass is 298 g/mol. The van der Waals surface area contributed by atoms with Gasteiger partial charge in [-0.2, -0.15) is 0 Å². The fourth-order valence-electron chi connectivity index (χ4n) is 1.87. The molecule has 0 spiro atoms. The summed E-state index contributed by atoms with van der Waals surface area (Å²) in [7, 11) is -2.88. The maximum atomic E-state index is 13.3. The van der Waals surface area contributed by atoms with Crippen LogP contribution in [-0.4, -0.2) is 11.0 Å². The lowest BCUT2D eigenvalue weighted by Gasteiger charge is -2.22. The Morgan fingerprint density at radius 3 is 1.61 bits per heavy atom. The number of benzene rings is 2. The summed E-state index contributed by atoms with van der Waals surface area (Å²) in [6.07, 6.45) is 0. The van der Waals surface area contributed by atoms with Gasteiger partial charge in [-0.15, -0.1) is 23.2 Å². The Morgan fingerprint density at radius 2 is 1.28 bits per heavy atom. The zero-order valence-corrected chi connectivity index (χ0v) is 12.1. The average molecular weight is 299 g/mol. The van der Waals surface area contributed by atoms with Crippen molar-refractivity contribution in [2.24, 2.45) is 0 Å². The van der Waals surface area contributed by atoms with Gasteiger partial charge in [0.1, 0.15) is 5.12 Å². The predicted molar refractivity (Wildman–Crippen MR) is 80.1 cm³/mol. The third-order valence-electron chi connectivity index (χ3n) is 2.80. The molecule has 0 saturated heterocycles. The van der Waals surface area contributed by atoms with Crippen molar-refractivity contribution in [1.82, 2.24) is 0 Å². The van der Waals surface area contributed by atoms with Crippen LogP contribution in [0.1, 0.15) is 0 Å². The fourth-order valence-corrected chi connectivity index (χ4v) is 5.50. The number of alkyl halides is 2. The molecule has 0 heterocycles. The summed E-state index contributed by atoms with van der Waals surface area (Å²) < 4.78 is 13.3. The minimum absolute atomic E-state index is 0.155. The van der Waals surface area contributed by atoms with Crippen molar-refractivity contribution in [3.05, 3.63) is 60.7 Å². The molecule has 0 fully saturated rings. The summed E-state index contributed by atoms with van der Waals surface area (Å²) in [5.74, 6) is 0.155. The minimum atomic E-state index is -2.88. The molecule has 0 radical (unpaired) electrons. The number of halogens is 2. The maximum Gasteiger partial charge on any atom is 0.161 e. The first-order valence-electron chi connectivity index (χ1n) is 5.60. The van der Waals surface area contributed by atoms with Gasteiger partial charge in [-0.25, -0.2) is 0 Å². The van der Waals surface area contributed by atoms with Gasteiger partial charge in [-0.3, -0.25) is 0 Å².